The highest BCUT2D eigenvalue weighted by molar-refractivity contribution is 6.30. The van der Waals surface area contributed by atoms with Gasteiger partial charge in [0.25, 0.3) is 0 Å². The Morgan fingerprint density at radius 2 is 1.88 bits per heavy atom. The molecule has 0 saturated carbocycles. The lowest BCUT2D eigenvalue weighted by Gasteiger charge is -2.14. The molecule has 4 heteroatoms. The smallest absolute Gasteiger partial charge is 0.125 e. The number of rotatable bonds is 1. The Balaban J connectivity index is 2.44. The van der Waals surface area contributed by atoms with Crippen LogP contribution in [0.15, 0.2) is 24.3 Å². The summed E-state index contributed by atoms with van der Waals surface area (Å²) in [7, 11) is 0. The lowest BCUT2D eigenvalue weighted by atomic mass is 9.92. The Labute approximate surface area is 105 Å². The lowest BCUT2D eigenvalue weighted by molar-refractivity contribution is 0.567. The van der Waals surface area contributed by atoms with Crippen LogP contribution in [0.1, 0.15) is 26.5 Å². The fourth-order valence-corrected chi connectivity index (χ4v) is 1.78. The van der Waals surface area contributed by atoms with Crippen molar-refractivity contribution in [1.29, 1.82) is 0 Å². The number of nitrogens with zero attached hydrogens (tertiary/aromatic N) is 1. The van der Waals surface area contributed by atoms with Crippen LogP contribution in [0.3, 0.4) is 0 Å². The molecule has 0 amide bonds. The van der Waals surface area contributed by atoms with E-state index in [-0.39, 0.29) is 11.2 Å². The average molecular weight is 253 g/mol. The normalized spacial score (nSPS) is 11.8. The topological polar surface area (TPSA) is 28.7 Å². The van der Waals surface area contributed by atoms with E-state index in [2.05, 4.69) is 31.0 Å². The SMILES string of the molecule is CC(C)(C)c1cc(-c2cc(F)cc(Cl)c2)n[nH]1. The molecule has 0 unspecified atom stereocenters. The van der Waals surface area contributed by atoms with Gasteiger partial charge in [-0.3, -0.25) is 5.10 Å². The maximum Gasteiger partial charge on any atom is 0.125 e. The average Bonchev–Trinajstić information content (AvgIpc) is 2.63. The zero-order chi connectivity index (χ0) is 12.6. The van der Waals surface area contributed by atoms with E-state index in [1.165, 1.54) is 12.1 Å². The van der Waals surface area contributed by atoms with Crippen molar-refractivity contribution >= 4 is 11.6 Å². The maximum atomic E-state index is 13.2. The van der Waals surface area contributed by atoms with Gasteiger partial charge in [-0.1, -0.05) is 32.4 Å². The Morgan fingerprint density at radius 1 is 1.18 bits per heavy atom. The molecule has 2 rings (SSSR count). The van der Waals surface area contributed by atoms with Gasteiger partial charge >= 0.3 is 0 Å². The van der Waals surface area contributed by atoms with Gasteiger partial charge in [0.1, 0.15) is 5.82 Å². The molecule has 17 heavy (non-hydrogen) atoms. The molecule has 1 aromatic heterocycles. The van der Waals surface area contributed by atoms with E-state index in [1.807, 2.05) is 6.07 Å². The fraction of sp³-hybridized carbons (Fsp3) is 0.308. The van der Waals surface area contributed by atoms with Crippen molar-refractivity contribution in [3.8, 4) is 11.3 Å². The molecule has 1 aromatic carbocycles. The van der Waals surface area contributed by atoms with Crippen molar-refractivity contribution in [3.05, 3.63) is 40.8 Å². The third-order valence-electron chi connectivity index (χ3n) is 2.54. The minimum Gasteiger partial charge on any atom is -0.281 e. The quantitative estimate of drug-likeness (QED) is 0.811. The molecule has 90 valence electrons. The maximum absolute atomic E-state index is 13.2. The van der Waals surface area contributed by atoms with E-state index >= 15 is 0 Å². The molecule has 1 N–H and O–H groups in total. The number of benzene rings is 1. The van der Waals surface area contributed by atoms with Gasteiger partial charge in [0.15, 0.2) is 0 Å². The molecule has 1 heterocycles. The van der Waals surface area contributed by atoms with E-state index in [0.29, 0.717) is 16.3 Å². The second-order valence-corrected chi connectivity index (χ2v) is 5.51. The van der Waals surface area contributed by atoms with Crippen molar-refractivity contribution in [2.75, 3.05) is 0 Å². The van der Waals surface area contributed by atoms with Gasteiger partial charge in [-0.25, -0.2) is 4.39 Å². The first-order valence-electron chi connectivity index (χ1n) is 5.38. The largest absolute Gasteiger partial charge is 0.281 e. The number of hydrogen-bond donors (Lipinski definition) is 1. The number of aromatic nitrogens is 2. The van der Waals surface area contributed by atoms with Crippen LogP contribution < -0.4 is 0 Å². The molecule has 0 aliphatic rings. The van der Waals surface area contributed by atoms with Crippen LogP contribution in [0.25, 0.3) is 11.3 Å². The first kappa shape index (κ1) is 12.1. The van der Waals surface area contributed by atoms with Crippen LogP contribution in [-0.4, -0.2) is 10.2 Å². The zero-order valence-electron chi connectivity index (χ0n) is 10.0. The Hall–Kier alpha value is -1.35. The summed E-state index contributed by atoms with van der Waals surface area (Å²) in [5, 5.41) is 7.53. The highest BCUT2D eigenvalue weighted by Crippen LogP contribution is 2.27. The van der Waals surface area contributed by atoms with Gasteiger partial charge in [-0.05, 0) is 24.3 Å². The Bertz CT molecular complexity index is 520. The van der Waals surface area contributed by atoms with Gasteiger partial charge in [0.2, 0.25) is 0 Å². The van der Waals surface area contributed by atoms with Crippen LogP contribution in [-0.2, 0) is 5.41 Å². The van der Waals surface area contributed by atoms with E-state index in [0.717, 1.165) is 5.69 Å². The number of H-pyrrole nitrogens is 1. The van der Waals surface area contributed by atoms with E-state index in [9.17, 15) is 4.39 Å². The van der Waals surface area contributed by atoms with Crippen molar-refractivity contribution in [3.63, 3.8) is 0 Å². The highest BCUT2D eigenvalue weighted by atomic mass is 35.5. The molecular weight excluding hydrogens is 239 g/mol. The van der Waals surface area contributed by atoms with Crippen molar-refractivity contribution in [2.24, 2.45) is 0 Å². The van der Waals surface area contributed by atoms with Crippen LogP contribution in [0.2, 0.25) is 5.02 Å². The summed E-state index contributed by atoms with van der Waals surface area (Å²) in [6, 6.07) is 6.33. The Morgan fingerprint density at radius 3 is 2.41 bits per heavy atom. The van der Waals surface area contributed by atoms with E-state index in [4.69, 9.17) is 11.6 Å². The summed E-state index contributed by atoms with van der Waals surface area (Å²) in [4.78, 5) is 0. The number of nitrogens with one attached hydrogen (secondary N) is 1. The van der Waals surface area contributed by atoms with Crippen LogP contribution in [0.5, 0.6) is 0 Å². The molecule has 0 bridgehead atoms. The van der Waals surface area contributed by atoms with Crippen molar-refractivity contribution < 1.29 is 4.39 Å². The first-order valence-corrected chi connectivity index (χ1v) is 5.76. The van der Waals surface area contributed by atoms with Gasteiger partial charge in [-0.2, -0.15) is 5.10 Å². The molecule has 2 nitrogen and oxygen atoms in total. The number of halogens is 2. The van der Waals surface area contributed by atoms with E-state index < -0.39 is 0 Å². The summed E-state index contributed by atoms with van der Waals surface area (Å²) < 4.78 is 13.2. The molecule has 0 radical (unpaired) electrons. The summed E-state index contributed by atoms with van der Waals surface area (Å²) in [5.74, 6) is -0.354. The summed E-state index contributed by atoms with van der Waals surface area (Å²) >= 11 is 5.82. The third kappa shape index (κ3) is 2.67. The molecule has 0 aliphatic heterocycles. The van der Waals surface area contributed by atoms with Crippen LogP contribution in [0, 0.1) is 5.82 Å². The zero-order valence-corrected chi connectivity index (χ0v) is 10.8. The lowest BCUT2D eigenvalue weighted by Crippen LogP contribution is -2.11. The minimum absolute atomic E-state index is 0.0115. The second-order valence-electron chi connectivity index (χ2n) is 5.07. The second kappa shape index (κ2) is 4.15. The first-order chi connectivity index (χ1) is 7.86. The molecule has 0 fully saturated rings. The van der Waals surface area contributed by atoms with Gasteiger partial charge in [0.05, 0.1) is 5.69 Å². The van der Waals surface area contributed by atoms with Gasteiger partial charge in [0, 0.05) is 21.7 Å². The Kier molecular flexibility index (Phi) is 2.96. The van der Waals surface area contributed by atoms with Crippen LogP contribution >= 0.6 is 11.6 Å². The third-order valence-corrected chi connectivity index (χ3v) is 2.76. The molecule has 0 atom stereocenters. The predicted octanol–water partition coefficient (Wildman–Crippen LogP) is 4.17. The van der Waals surface area contributed by atoms with Crippen LogP contribution in [0.4, 0.5) is 4.39 Å². The van der Waals surface area contributed by atoms with Gasteiger partial charge in [-0.15, -0.1) is 0 Å². The summed E-state index contributed by atoms with van der Waals surface area (Å²) in [6.07, 6.45) is 0. The number of hydrogen-bond acceptors (Lipinski definition) is 1. The predicted molar refractivity (Wildman–Crippen MR) is 67.7 cm³/mol. The standard InChI is InChI=1S/C13H14ClFN2/c1-13(2,3)12-7-11(16-17-12)8-4-9(14)6-10(15)5-8/h4-7H,1-3H3,(H,16,17). The molecule has 0 spiro atoms. The molecule has 0 aliphatic carbocycles. The summed E-state index contributed by atoms with van der Waals surface area (Å²) in [5.41, 5.74) is 2.38. The van der Waals surface area contributed by atoms with Crippen molar-refractivity contribution in [2.45, 2.75) is 26.2 Å². The monoisotopic (exact) mass is 252 g/mol. The summed E-state index contributed by atoms with van der Waals surface area (Å²) in [6.45, 7) is 6.26. The molecule has 2 aromatic rings. The minimum atomic E-state index is -0.354. The highest BCUT2D eigenvalue weighted by Gasteiger charge is 2.17. The number of aromatic amines is 1. The molecular formula is C13H14ClFN2. The van der Waals surface area contributed by atoms with Crippen molar-refractivity contribution in [1.82, 2.24) is 10.2 Å². The van der Waals surface area contributed by atoms with E-state index in [1.54, 1.807) is 6.07 Å². The fourth-order valence-electron chi connectivity index (χ4n) is 1.56. The molecule has 0 saturated heterocycles. The van der Waals surface area contributed by atoms with Gasteiger partial charge < -0.3 is 0 Å².